The number of nitrogens with zero attached hydrogens (tertiary/aromatic N) is 2. The Morgan fingerprint density at radius 1 is 0.920 bits per heavy atom. The summed E-state index contributed by atoms with van der Waals surface area (Å²) in [7, 11) is -0.391. The van der Waals surface area contributed by atoms with Crippen molar-refractivity contribution in [3.63, 3.8) is 0 Å². The van der Waals surface area contributed by atoms with Crippen LogP contribution in [0.15, 0.2) is 46.9 Å². The average Bonchev–Trinajstić information content (AvgIpc) is 3.14. The normalized spacial score (nSPS) is 19.4. The standard InChI is InChI=1S/C19H19BN2O3/c1-18(2)19(3,4)25-20(24-18)12-9-10-13-15(11-12)22-14-7-5-6-8-16(14)23-17(22)21-13/h5-11H,1-4H3. The molecule has 0 spiro atoms. The summed E-state index contributed by atoms with van der Waals surface area (Å²) in [6.45, 7) is 8.25. The van der Waals surface area contributed by atoms with Gasteiger partial charge in [0.15, 0.2) is 5.58 Å². The highest BCUT2D eigenvalue weighted by Crippen LogP contribution is 2.36. The lowest BCUT2D eigenvalue weighted by Gasteiger charge is -2.32. The zero-order valence-corrected chi connectivity index (χ0v) is 14.7. The van der Waals surface area contributed by atoms with Crippen LogP contribution in [0.4, 0.5) is 0 Å². The maximum absolute atomic E-state index is 6.18. The number of para-hydroxylation sites is 2. The molecule has 4 aromatic rings. The second-order valence-corrected chi connectivity index (χ2v) is 7.64. The van der Waals surface area contributed by atoms with Crippen molar-refractivity contribution in [2.45, 2.75) is 38.9 Å². The lowest BCUT2D eigenvalue weighted by atomic mass is 9.79. The Morgan fingerprint density at radius 2 is 1.64 bits per heavy atom. The third-order valence-corrected chi connectivity index (χ3v) is 5.48. The topological polar surface area (TPSA) is 48.9 Å². The minimum Gasteiger partial charge on any atom is -0.423 e. The first-order valence-electron chi connectivity index (χ1n) is 8.51. The van der Waals surface area contributed by atoms with Gasteiger partial charge in [0.2, 0.25) is 0 Å². The third kappa shape index (κ3) is 2.01. The SMILES string of the molecule is CC1(C)OB(c2ccc3nc4oc5ccccc5n4c3c2)OC1(C)C. The molecule has 1 fully saturated rings. The molecular formula is C19H19BN2O3. The zero-order valence-electron chi connectivity index (χ0n) is 14.7. The summed E-state index contributed by atoms with van der Waals surface area (Å²) in [5, 5.41) is 0. The molecule has 3 heterocycles. The summed E-state index contributed by atoms with van der Waals surface area (Å²) in [4.78, 5) is 4.59. The smallest absolute Gasteiger partial charge is 0.423 e. The number of aromatic nitrogens is 2. The maximum atomic E-state index is 6.18. The van der Waals surface area contributed by atoms with Crippen LogP contribution in [0.1, 0.15) is 27.7 Å². The molecule has 0 unspecified atom stereocenters. The fourth-order valence-corrected chi connectivity index (χ4v) is 3.32. The van der Waals surface area contributed by atoms with Crippen molar-refractivity contribution in [1.29, 1.82) is 0 Å². The van der Waals surface area contributed by atoms with Gasteiger partial charge < -0.3 is 13.7 Å². The van der Waals surface area contributed by atoms with Crippen molar-refractivity contribution >= 4 is 40.6 Å². The fourth-order valence-electron chi connectivity index (χ4n) is 3.32. The minimum atomic E-state index is -0.391. The van der Waals surface area contributed by atoms with Gasteiger partial charge in [-0.05, 0) is 57.4 Å². The molecule has 2 aromatic heterocycles. The van der Waals surface area contributed by atoms with Crippen LogP contribution in [0.3, 0.4) is 0 Å². The van der Waals surface area contributed by atoms with Crippen LogP contribution in [0.5, 0.6) is 0 Å². The molecule has 0 saturated carbocycles. The average molecular weight is 334 g/mol. The molecule has 0 amide bonds. The van der Waals surface area contributed by atoms with E-state index in [4.69, 9.17) is 13.7 Å². The third-order valence-electron chi connectivity index (χ3n) is 5.48. The highest BCUT2D eigenvalue weighted by molar-refractivity contribution is 6.62. The number of rotatable bonds is 1. The molecule has 1 aliphatic rings. The predicted octanol–water partition coefficient (Wildman–Crippen LogP) is 3.53. The van der Waals surface area contributed by atoms with Gasteiger partial charge in [-0.1, -0.05) is 18.2 Å². The lowest BCUT2D eigenvalue weighted by Crippen LogP contribution is -2.41. The van der Waals surface area contributed by atoms with Crippen LogP contribution in [0.25, 0.3) is 28.0 Å². The number of hydrogen-bond donors (Lipinski definition) is 0. The van der Waals surface area contributed by atoms with E-state index >= 15 is 0 Å². The Kier molecular flexibility index (Phi) is 2.79. The van der Waals surface area contributed by atoms with Crippen LogP contribution >= 0.6 is 0 Å². The highest BCUT2D eigenvalue weighted by atomic mass is 16.7. The summed E-state index contributed by atoms with van der Waals surface area (Å²) in [6, 6.07) is 14.0. The van der Waals surface area contributed by atoms with Gasteiger partial charge in [-0.15, -0.1) is 0 Å². The Morgan fingerprint density at radius 3 is 2.40 bits per heavy atom. The van der Waals surface area contributed by atoms with E-state index in [2.05, 4.69) is 38.7 Å². The van der Waals surface area contributed by atoms with Crippen LogP contribution in [0.2, 0.25) is 0 Å². The number of benzene rings is 2. The zero-order chi connectivity index (χ0) is 17.4. The van der Waals surface area contributed by atoms with Crippen molar-refractivity contribution in [3.05, 3.63) is 42.5 Å². The Balaban J connectivity index is 1.70. The van der Waals surface area contributed by atoms with Gasteiger partial charge in [0, 0.05) is 0 Å². The van der Waals surface area contributed by atoms with Gasteiger partial charge in [-0.3, -0.25) is 4.40 Å². The summed E-state index contributed by atoms with van der Waals surface area (Å²) in [6.07, 6.45) is 0. The monoisotopic (exact) mass is 334 g/mol. The second-order valence-electron chi connectivity index (χ2n) is 7.64. The van der Waals surface area contributed by atoms with Crippen molar-refractivity contribution in [2.75, 3.05) is 0 Å². The van der Waals surface area contributed by atoms with E-state index in [1.54, 1.807) is 0 Å². The van der Waals surface area contributed by atoms with Gasteiger partial charge in [0.1, 0.15) is 0 Å². The first kappa shape index (κ1) is 15.0. The van der Waals surface area contributed by atoms with Crippen LogP contribution in [0, 0.1) is 0 Å². The largest absolute Gasteiger partial charge is 0.494 e. The molecule has 25 heavy (non-hydrogen) atoms. The van der Waals surface area contributed by atoms with E-state index in [1.165, 1.54) is 0 Å². The second kappa shape index (κ2) is 4.65. The molecule has 0 N–H and O–H groups in total. The van der Waals surface area contributed by atoms with Crippen LogP contribution < -0.4 is 5.46 Å². The predicted molar refractivity (Wildman–Crippen MR) is 98.2 cm³/mol. The van der Waals surface area contributed by atoms with E-state index < -0.39 is 7.12 Å². The van der Waals surface area contributed by atoms with Crippen molar-refractivity contribution in [3.8, 4) is 0 Å². The first-order chi connectivity index (χ1) is 11.9. The summed E-state index contributed by atoms with van der Waals surface area (Å²) < 4.78 is 20.3. The van der Waals surface area contributed by atoms with Crippen LogP contribution in [-0.4, -0.2) is 27.7 Å². The Labute approximate surface area is 145 Å². The van der Waals surface area contributed by atoms with Gasteiger partial charge in [-0.2, -0.15) is 4.98 Å². The number of fused-ring (bicyclic) bond motifs is 5. The van der Waals surface area contributed by atoms with Crippen LogP contribution in [-0.2, 0) is 9.31 Å². The van der Waals surface area contributed by atoms with E-state index in [0.29, 0.717) is 5.84 Å². The molecule has 5 nitrogen and oxygen atoms in total. The molecule has 0 radical (unpaired) electrons. The number of imidazole rings is 1. The highest BCUT2D eigenvalue weighted by Gasteiger charge is 2.51. The lowest BCUT2D eigenvalue weighted by molar-refractivity contribution is 0.00578. The molecule has 5 rings (SSSR count). The fraction of sp³-hybridized carbons (Fsp3) is 0.316. The molecule has 0 aliphatic carbocycles. The first-order valence-corrected chi connectivity index (χ1v) is 8.51. The van der Waals surface area contributed by atoms with E-state index in [1.807, 2.05) is 40.8 Å². The molecule has 0 atom stereocenters. The van der Waals surface area contributed by atoms with E-state index in [9.17, 15) is 0 Å². The molecule has 6 heteroatoms. The molecule has 0 bridgehead atoms. The van der Waals surface area contributed by atoms with Gasteiger partial charge >= 0.3 is 13.0 Å². The van der Waals surface area contributed by atoms with Gasteiger partial charge in [0.25, 0.3) is 0 Å². The Hall–Kier alpha value is -2.31. The minimum absolute atomic E-state index is 0.359. The van der Waals surface area contributed by atoms with Crippen molar-refractivity contribution in [2.24, 2.45) is 0 Å². The van der Waals surface area contributed by atoms with Gasteiger partial charge in [0.05, 0.1) is 27.8 Å². The quantitative estimate of drug-likeness (QED) is 0.500. The van der Waals surface area contributed by atoms with Crippen molar-refractivity contribution < 1.29 is 13.7 Å². The summed E-state index contributed by atoms with van der Waals surface area (Å²) >= 11 is 0. The molecule has 126 valence electrons. The maximum Gasteiger partial charge on any atom is 0.494 e. The van der Waals surface area contributed by atoms with Gasteiger partial charge in [-0.25, -0.2) is 0 Å². The summed E-state index contributed by atoms with van der Waals surface area (Å²) in [5.41, 5.74) is 3.98. The molecule has 1 saturated heterocycles. The number of oxazole rings is 1. The van der Waals surface area contributed by atoms with Crippen molar-refractivity contribution in [1.82, 2.24) is 9.38 Å². The molecule has 2 aromatic carbocycles. The Bertz CT molecular complexity index is 1110. The van der Waals surface area contributed by atoms with E-state index in [0.717, 1.165) is 27.6 Å². The molecule has 1 aliphatic heterocycles. The summed E-state index contributed by atoms with van der Waals surface area (Å²) in [5.74, 6) is 0.599. The van der Waals surface area contributed by atoms with E-state index in [-0.39, 0.29) is 11.2 Å². The number of hydrogen-bond acceptors (Lipinski definition) is 4. The molecular weight excluding hydrogens is 315 g/mol.